The van der Waals surface area contributed by atoms with Gasteiger partial charge in [0.25, 0.3) is 0 Å². The minimum Gasteiger partial charge on any atom is -0.496 e. The molecule has 162 valence electrons. The number of aryl methyl sites for hydroxylation is 1. The van der Waals surface area contributed by atoms with Crippen LogP contribution in [0, 0.1) is 19.8 Å². The Kier molecular flexibility index (Phi) is 6.32. The molecule has 2 unspecified atom stereocenters. The molecule has 2 heterocycles. The van der Waals surface area contributed by atoms with Crippen molar-refractivity contribution in [2.24, 2.45) is 10.9 Å². The van der Waals surface area contributed by atoms with Gasteiger partial charge in [-0.25, -0.2) is 4.99 Å². The van der Waals surface area contributed by atoms with Gasteiger partial charge in [-0.05, 0) is 56.9 Å². The molecule has 0 saturated carbocycles. The summed E-state index contributed by atoms with van der Waals surface area (Å²) >= 11 is 0. The van der Waals surface area contributed by atoms with E-state index >= 15 is 0 Å². The van der Waals surface area contributed by atoms with E-state index in [1.807, 2.05) is 32.1 Å². The number of aromatic nitrogens is 1. The maximum absolute atomic E-state index is 13.0. The second-order valence-electron chi connectivity index (χ2n) is 7.91. The third kappa shape index (κ3) is 4.61. The van der Waals surface area contributed by atoms with Gasteiger partial charge in [-0.1, -0.05) is 12.2 Å². The fourth-order valence-electron chi connectivity index (χ4n) is 3.98. The number of carbonyl (C=O) groups excluding carboxylic acids is 1. The molecule has 1 aromatic heterocycles. The largest absolute Gasteiger partial charge is 0.496 e. The number of allylic oxidation sites excluding steroid dienone is 2. The van der Waals surface area contributed by atoms with E-state index in [0.717, 1.165) is 53.1 Å². The number of esters is 1. The lowest BCUT2D eigenvalue weighted by molar-refractivity contribution is -0.139. The zero-order valence-electron chi connectivity index (χ0n) is 18.0. The standard InChI is InChI=1S/C24H26N2O4S/c1-15-13-25-21(16(2)23(15)29-3)14-31(28)22-12-18-11-19(9-10-20(18)26-22)30-24(27)17-7-5-4-6-8-17/h4-5,9-11,13,17H,6-8,12,14H2,1-3H3. The molecule has 7 heteroatoms. The first-order valence-corrected chi connectivity index (χ1v) is 11.7. The van der Waals surface area contributed by atoms with Gasteiger partial charge in [0.15, 0.2) is 0 Å². The predicted octanol–water partition coefficient (Wildman–Crippen LogP) is 4.50. The van der Waals surface area contributed by atoms with Crippen LogP contribution in [0.25, 0.3) is 0 Å². The highest BCUT2D eigenvalue weighted by molar-refractivity contribution is 8.00. The number of hydrogen-bond donors (Lipinski definition) is 0. The number of ether oxygens (including phenoxy) is 2. The molecule has 0 spiro atoms. The van der Waals surface area contributed by atoms with Gasteiger partial charge < -0.3 is 9.47 Å². The second kappa shape index (κ2) is 9.14. The highest BCUT2D eigenvalue weighted by Crippen LogP contribution is 2.33. The predicted molar refractivity (Wildman–Crippen MR) is 121 cm³/mol. The zero-order valence-corrected chi connectivity index (χ0v) is 18.8. The van der Waals surface area contributed by atoms with E-state index in [4.69, 9.17) is 9.47 Å². The lowest BCUT2D eigenvalue weighted by Crippen LogP contribution is -2.21. The third-order valence-corrected chi connectivity index (χ3v) is 7.04. The van der Waals surface area contributed by atoms with Crippen molar-refractivity contribution in [3.63, 3.8) is 0 Å². The van der Waals surface area contributed by atoms with Crippen LogP contribution in [0.5, 0.6) is 11.5 Å². The van der Waals surface area contributed by atoms with Crippen molar-refractivity contribution in [3.05, 3.63) is 58.9 Å². The van der Waals surface area contributed by atoms with E-state index in [1.54, 1.807) is 19.4 Å². The van der Waals surface area contributed by atoms with E-state index in [0.29, 0.717) is 17.2 Å². The Labute approximate surface area is 184 Å². The summed E-state index contributed by atoms with van der Waals surface area (Å²) < 4.78 is 24.0. The third-order valence-electron chi connectivity index (χ3n) is 5.74. The summed E-state index contributed by atoms with van der Waals surface area (Å²) in [5.74, 6) is 1.30. The van der Waals surface area contributed by atoms with Gasteiger partial charge in [-0.15, -0.1) is 0 Å². The molecular formula is C24H26N2O4S. The minimum atomic E-state index is -1.30. The highest BCUT2D eigenvalue weighted by atomic mass is 32.2. The Morgan fingerprint density at radius 2 is 2.10 bits per heavy atom. The Morgan fingerprint density at radius 1 is 1.26 bits per heavy atom. The number of hydrogen-bond acceptors (Lipinski definition) is 6. The Morgan fingerprint density at radius 3 is 2.84 bits per heavy atom. The summed E-state index contributed by atoms with van der Waals surface area (Å²) in [4.78, 5) is 21.4. The van der Waals surface area contributed by atoms with Gasteiger partial charge in [-0.2, -0.15) is 0 Å². The summed E-state index contributed by atoms with van der Waals surface area (Å²) in [5, 5.41) is 0.608. The monoisotopic (exact) mass is 438 g/mol. The number of benzene rings is 1. The molecule has 0 radical (unpaired) electrons. The van der Waals surface area contributed by atoms with Gasteiger partial charge >= 0.3 is 5.97 Å². The van der Waals surface area contributed by atoms with Crippen molar-refractivity contribution >= 4 is 27.5 Å². The van der Waals surface area contributed by atoms with Crippen LogP contribution < -0.4 is 9.47 Å². The molecule has 1 aliphatic heterocycles. The lowest BCUT2D eigenvalue weighted by Gasteiger charge is -2.16. The van der Waals surface area contributed by atoms with Crippen LogP contribution in [0.1, 0.15) is 41.6 Å². The summed E-state index contributed by atoms with van der Waals surface area (Å²) in [7, 11) is 0.324. The molecular weight excluding hydrogens is 412 g/mol. The van der Waals surface area contributed by atoms with Crippen LogP contribution in [0.2, 0.25) is 0 Å². The van der Waals surface area contributed by atoms with Crippen molar-refractivity contribution < 1.29 is 18.5 Å². The highest BCUT2D eigenvalue weighted by Gasteiger charge is 2.24. The zero-order chi connectivity index (χ0) is 22.0. The van der Waals surface area contributed by atoms with Crippen molar-refractivity contribution in [1.82, 2.24) is 4.98 Å². The van der Waals surface area contributed by atoms with Crippen molar-refractivity contribution in [2.75, 3.05) is 7.11 Å². The fourth-order valence-corrected chi connectivity index (χ4v) is 5.20. The molecule has 2 atom stereocenters. The molecule has 2 aromatic rings. The van der Waals surface area contributed by atoms with E-state index in [1.165, 1.54) is 0 Å². The van der Waals surface area contributed by atoms with Crippen LogP contribution in [-0.4, -0.2) is 27.3 Å². The maximum atomic E-state index is 13.0. The number of methoxy groups -OCH3 is 1. The van der Waals surface area contributed by atoms with Gasteiger partial charge in [-0.3, -0.25) is 14.0 Å². The van der Waals surface area contributed by atoms with E-state index in [2.05, 4.69) is 16.1 Å². The minimum absolute atomic E-state index is 0.0835. The van der Waals surface area contributed by atoms with E-state index in [9.17, 15) is 9.00 Å². The molecule has 1 aromatic carbocycles. The SMILES string of the molecule is COc1c(C)cnc(CS(=O)C2=Nc3ccc(OC(=O)C4CC=CCC4)cc3C2)c1C. The molecule has 0 N–H and O–H groups in total. The molecule has 2 aliphatic rings. The molecule has 0 amide bonds. The van der Waals surface area contributed by atoms with Crippen LogP contribution in [0.3, 0.4) is 0 Å². The van der Waals surface area contributed by atoms with Crippen molar-refractivity contribution in [1.29, 1.82) is 0 Å². The van der Waals surface area contributed by atoms with Crippen LogP contribution >= 0.6 is 0 Å². The molecule has 6 nitrogen and oxygen atoms in total. The first-order chi connectivity index (χ1) is 15.0. The first kappa shape index (κ1) is 21.4. The molecule has 0 saturated heterocycles. The van der Waals surface area contributed by atoms with Crippen LogP contribution in [0.15, 0.2) is 41.5 Å². The van der Waals surface area contributed by atoms with Crippen LogP contribution in [0.4, 0.5) is 5.69 Å². The average molecular weight is 439 g/mol. The normalized spacial score (nSPS) is 18.3. The number of fused-ring (bicyclic) bond motifs is 1. The summed E-state index contributed by atoms with van der Waals surface area (Å²) in [6.45, 7) is 3.87. The van der Waals surface area contributed by atoms with Crippen LogP contribution in [-0.2, 0) is 27.8 Å². The number of rotatable bonds is 5. The summed E-state index contributed by atoms with van der Waals surface area (Å²) in [6.07, 6.45) is 8.81. The van der Waals surface area contributed by atoms with E-state index < -0.39 is 10.8 Å². The quantitative estimate of drug-likeness (QED) is 0.390. The Balaban J connectivity index is 1.43. The average Bonchev–Trinajstić information content (AvgIpc) is 3.20. The fraction of sp³-hybridized carbons (Fsp3) is 0.375. The number of pyridine rings is 1. The van der Waals surface area contributed by atoms with E-state index in [-0.39, 0.29) is 17.6 Å². The molecule has 1 aliphatic carbocycles. The molecule has 0 fully saturated rings. The lowest BCUT2D eigenvalue weighted by atomic mass is 9.95. The molecule has 31 heavy (non-hydrogen) atoms. The van der Waals surface area contributed by atoms with Crippen molar-refractivity contribution in [2.45, 2.75) is 45.3 Å². The number of carbonyl (C=O) groups is 1. The molecule has 0 bridgehead atoms. The Bertz CT molecular complexity index is 1110. The topological polar surface area (TPSA) is 77.8 Å². The molecule has 4 rings (SSSR count). The first-order valence-electron chi connectivity index (χ1n) is 10.4. The van der Waals surface area contributed by atoms with Gasteiger partial charge in [0.1, 0.15) is 16.5 Å². The second-order valence-corrected chi connectivity index (χ2v) is 9.36. The Hall–Kier alpha value is -2.80. The maximum Gasteiger partial charge on any atom is 0.314 e. The number of nitrogens with zero attached hydrogens (tertiary/aromatic N) is 2. The van der Waals surface area contributed by atoms with Gasteiger partial charge in [0, 0.05) is 23.7 Å². The van der Waals surface area contributed by atoms with Gasteiger partial charge in [0.2, 0.25) is 0 Å². The number of aliphatic imine (C=N–C) groups is 1. The smallest absolute Gasteiger partial charge is 0.314 e. The van der Waals surface area contributed by atoms with Gasteiger partial charge in [0.05, 0.1) is 41.0 Å². The summed E-state index contributed by atoms with van der Waals surface area (Å²) in [5.41, 5.74) is 4.29. The van der Waals surface area contributed by atoms with Crippen molar-refractivity contribution in [3.8, 4) is 11.5 Å². The summed E-state index contributed by atoms with van der Waals surface area (Å²) in [6, 6.07) is 5.40.